The maximum Gasteiger partial charge on any atom is 0.411 e. The van der Waals surface area contributed by atoms with Gasteiger partial charge in [-0.1, -0.05) is 42.5 Å². The number of nitrogens with one attached hydrogen (secondary N) is 2. The Balaban J connectivity index is 1.35. The van der Waals surface area contributed by atoms with Crippen LogP contribution in [-0.2, 0) is 21.4 Å². The Labute approximate surface area is 219 Å². The maximum absolute atomic E-state index is 13.2. The molecular weight excluding hydrogens is 502 g/mol. The summed E-state index contributed by atoms with van der Waals surface area (Å²) in [6, 6.07) is 24.2. The highest BCUT2D eigenvalue weighted by Crippen LogP contribution is 2.28. The quantitative estimate of drug-likeness (QED) is 0.286. The van der Waals surface area contributed by atoms with Gasteiger partial charge in [0.15, 0.2) is 5.82 Å². The summed E-state index contributed by atoms with van der Waals surface area (Å²) in [5.41, 5.74) is 3.73. The highest BCUT2D eigenvalue weighted by Gasteiger charge is 2.19. The van der Waals surface area contributed by atoms with E-state index >= 15 is 0 Å². The number of carbonyl (C=O) groups excluding carboxylic acids is 1. The zero-order valence-corrected chi connectivity index (χ0v) is 21.1. The van der Waals surface area contributed by atoms with Crippen LogP contribution in [0, 0.1) is 6.92 Å². The molecule has 3 heterocycles. The molecule has 0 unspecified atom stereocenters. The van der Waals surface area contributed by atoms with Gasteiger partial charge in [0.1, 0.15) is 12.1 Å². The summed E-state index contributed by atoms with van der Waals surface area (Å²) >= 11 is 0. The molecule has 1 amide bonds. The van der Waals surface area contributed by atoms with Crippen LogP contribution in [0.15, 0.2) is 102 Å². The highest BCUT2D eigenvalue weighted by atomic mass is 32.2. The van der Waals surface area contributed by atoms with E-state index in [1.807, 2.05) is 61.5 Å². The first-order chi connectivity index (χ1) is 18.4. The van der Waals surface area contributed by atoms with Crippen LogP contribution in [0.1, 0.15) is 11.1 Å². The number of aryl methyl sites for hydroxylation is 1. The number of aromatic nitrogens is 3. The molecule has 2 aromatic carbocycles. The van der Waals surface area contributed by atoms with Crippen molar-refractivity contribution in [2.45, 2.75) is 18.4 Å². The van der Waals surface area contributed by atoms with Crippen molar-refractivity contribution in [2.24, 2.45) is 0 Å². The van der Waals surface area contributed by atoms with Crippen molar-refractivity contribution in [3.8, 4) is 11.4 Å². The lowest BCUT2D eigenvalue weighted by atomic mass is 10.1. The second-order valence-electron chi connectivity index (χ2n) is 8.42. The van der Waals surface area contributed by atoms with E-state index in [0.717, 1.165) is 11.1 Å². The van der Waals surface area contributed by atoms with Crippen LogP contribution in [0.5, 0.6) is 0 Å². The lowest BCUT2D eigenvalue weighted by Crippen LogP contribution is -2.16. The van der Waals surface area contributed by atoms with Gasteiger partial charge in [0.2, 0.25) is 0 Å². The van der Waals surface area contributed by atoms with E-state index < -0.39 is 16.1 Å². The molecule has 2 N–H and O–H groups in total. The summed E-state index contributed by atoms with van der Waals surface area (Å²) in [6.07, 6.45) is 2.59. The molecule has 10 heteroatoms. The second kappa shape index (κ2) is 10.7. The highest BCUT2D eigenvalue weighted by molar-refractivity contribution is 7.92. The van der Waals surface area contributed by atoms with Crippen molar-refractivity contribution in [1.29, 1.82) is 0 Å². The number of rotatable bonds is 7. The van der Waals surface area contributed by atoms with E-state index in [0.29, 0.717) is 28.0 Å². The smallest absolute Gasteiger partial charge is 0.411 e. The number of ether oxygens (including phenoxy) is 1. The minimum absolute atomic E-state index is 0.00833. The summed E-state index contributed by atoms with van der Waals surface area (Å²) in [6.45, 7) is 2.03. The van der Waals surface area contributed by atoms with E-state index in [1.165, 1.54) is 24.3 Å². The van der Waals surface area contributed by atoms with E-state index in [4.69, 9.17) is 4.74 Å². The molecule has 190 valence electrons. The maximum atomic E-state index is 13.2. The molecule has 5 rings (SSSR count). The first-order valence-electron chi connectivity index (χ1n) is 11.7. The van der Waals surface area contributed by atoms with Gasteiger partial charge in [-0.2, -0.15) is 0 Å². The summed E-state index contributed by atoms with van der Waals surface area (Å²) in [5, 5.41) is 3.31. The van der Waals surface area contributed by atoms with Crippen molar-refractivity contribution in [3.63, 3.8) is 0 Å². The number of carbonyl (C=O) groups is 1. The first-order valence-corrected chi connectivity index (χ1v) is 13.2. The fourth-order valence-corrected chi connectivity index (χ4v) is 4.82. The third kappa shape index (κ3) is 5.60. The summed E-state index contributed by atoms with van der Waals surface area (Å²) in [4.78, 5) is 25.4. The summed E-state index contributed by atoms with van der Waals surface area (Å²) in [7, 11) is -4.02. The van der Waals surface area contributed by atoms with Gasteiger partial charge in [0, 0.05) is 23.5 Å². The zero-order chi connectivity index (χ0) is 26.5. The van der Waals surface area contributed by atoms with Gasteiger partial charge in [0.05, 0.1) is 16.3 Å². The number of sulfonamides is 1. The third-order valence-corrected chi connectivity index (χ3v) is 7.05. The van der Waals surface area contributed by atoms with Crippen LogP contribution in [0.2, 0.25) is 0 Å². The SMILES string of the molecule is Cc1cccnc1-c1cc2cccnc2c(NS(=O)(=O)c2ccc(NC(=O)OCc3ccccc3)cc2)n1. The lowest BCUT2D eigenvalue weighted by Gasteiger charge is -2.13. The van der Waals surface area contributed by atoms with E-state index in [2.05, 4.69) is 25.0 Å². The van der Waals surface area contributed by atoms with Crippen LogP contribution in [0.4, 0.5) is 16.3 Å². The number of amides is 1. The van der Waals surface area contributed by atoms with Gasteiger partial charge in [-0.3, -0.25) is 20.0 Å². The minimum atomic E-state index is -4.02. The molecule has 5 aromatic rings. The molecule has 0 bridgehead atoms. The van der Waals surface area contributed by atoms with Gasteiger partial charge in [0.25, 0.3) is 10.0 Å². The molecule has 0 aliphatic carbocycles. The molecule has 0 spiro atoms. The normalized spacial score (nSPS) is 11.2. The van der Waals surface area contributed by atoms with Crippen LogP contribution in [0.3, 0.4) is 0 Å². The number of hydrogen-bond acceptors (Lipinski definition) is 7. The molecule has 0 fully saturated rings. The predicted molar refractivity (Wildman–Crippen MR) is 145 cm³/mol. The van der Waals surface area contributed by atoms with Crippen LogP contribution < -0.4 is 10.0 Å². The monoisotopic (exact) mass is 525 g/mol. The number of nitrogens with zero attached hydrogens (tertiary/aromatic N) is 3. The number of anilines is 2. The number of fused-ring (bicyclic) bond motifs is 1. The Bertz CT molecular complexity index is 1710. The molecule has 0 aliphatic rings. The molecule has 38 heavy (non-hydrogen) atoms. The van der Waals surface area contributed by atoms with Crippen molar-refractivity contribution in [3.05, 3.63) is 108 Å². The molecule has 9 nitrogen and oxygen atoms in total. The van der Waals surface area contributed by atoms with E-state index in [9.17, 15) is 13.2 Å². The lowest BCUT2D eigenvalue weighted by molar-refractivity contribution is 0.155. The zero-order valence-electron chi connectivity index (χ0n) is 20.3. The van der Waals surface area contributed by atoms with Crippen molar-refractivity contribution >= 4 is 38.5 Å². The fourth-order valence-electron chi connectivity index (χ4n) is 3.81. The van der Waals surface area contributed by atoms with Crippen LogP contribution in [0.25, 0.3) is 22.3 Å². The van der Waals surface area contributed by atoms with Crippen molar-refractivity contribution in [2.75, 3.05) is 10.0 Å². The third-order valence-electron chi connectivity index (χ3n) is 5.69. The summed E-state index contributed by atoms with van der Waals surface area (Å²) in [5.74, 6) is 0.0924. The Morgan fingerprint density at radius 2 is 1.63 bits per heavy atom. The molecule has 0 aliphatic heterocycles. The number of pyridine rings is 3. The van der Waals surface area contributed by atoms with Gasteiger partial charge in [-0.25, -0.2) is 18.2 Å². The standard InChI is InChI=1S/C28H23N5O4S/c1-19-7-5-15-29-25(19)24-17-21-10-6-16-30-26(21)27(32-24)33-38(35,36)23-13-11-22(12-14-23)31-28(34)37-18-20-8-3-2-4-9-20/h2-17H,18H2,1H3,(H,31,34)(H,32,33). The topological polar surface area (TPSA) is 123 Å². The van der Waals surface area contributed by atoms with Crippen LogP contribution >= 0.6 is 0 Å². The molecule has 0 radical (unpaired) electrons. The Kier molecular flexibility index (Phi) is 6.96. The average Bonchev–Trinajstić information content (AvgIpc) is 2.93. The Hall–Kier alpha value is -4.83. The molecule has 0 saturated carbocycles. The number of benzene rings is 2. The minimum Gasteiger partial charge on any atom is -0.444 e. The number of hydrogen-bond donors (Lipinski definition) is 2. The van der Waals surface area contributed by atoms with E-state index in [1.54, 1.807) is 18.5 Å². The first kappa shape index (κ1) is 24.8. The van der Waals surface area contributed by atoms with Crippen molar-refractivity contribution < 1.29 is 17.9 Å². The van der Waals surface area contributed by atoms with Crippen molar-refractivity contribution in [1.82, 2.24) is 15.0 Å². The van der Waals surface area contributed by atoms with E-state index in [-0.39, 0.29) is 17.3 Å². The second-order valence-corrected chi connectivity index (χ2v) is 10.1. The largest absolute Gasteiger partial charge is 0.444 e. The van der Waals surface area contributed by atoms with Gasteiger partial charge < -0.3 is 4.74 Å². The Morgan fingerprint density at radius 1 is 0.895 bits per heavy atom. The summed E-state index contributed by atoms with van der Waals surface area (Å²) < 4.78 is 34.3. The fraction of sp³-hybridized carbons (Fsp3) is 0.0714. The molecular formula is C28H23N5O4S. The van der Waals surface area contributed by atoms with Gasteiger partial charge in [-0.15, -0.1) is 0 Å². The molecule has 3 aromatic heterocycles. The average molecular weight is 526 g/mol. The predicted octanol–water partition coefficient (Wildman–Crippen LogP) is 5.55. The van der Waals surface area contributed by atoms with Crippen LogP contribution in [-0.4, -0.2) is 29.5 Å². The van der Waals surface area contributed by atoms with Gasteiger partial charge >= 0.3 is 6.09 Å². The molecule has 0 saturated heterocycles. The van der Waals surface area contributed by atoms with Gasteiger partial charge in [-0.05, 0) is 60.5 Å². The Morgan fingerprint density at radius 3 is 2.39 bits per heavy atom. The molecule has 0 atom stereocenters.